The summed E-state index contributed by atoms with van der Waals surface area (Å²) in [6.45, 7) is 7.63. The van der Waals surface area contributed by atoms with E-state index >= 15 is 0 Å². The Hall–Kier alpha value is -0.640. The number of ether oxygens (including phenoxy) is 1. The zero-order valence-corrected chi connectivity index (χ0v) is 19.9. The molecule has 2 rings (SSSR count). The first-order chi connectivity index (χ1) is 13.1. The minimum Gasteiger partial charge on any atom is -0.385 e. The van der Waals surface area contributed by atoms with Gasteiger partial charge in [-0.3, -0.25) is 4.99 Å². The molecule has 28 heavy (non-hydrogen) atoms. The molecule has 160 valence electrons. The number of nitrogens with zero attached hydrogens (tertiary/aromatic N) is 2. The van der Waals surface area contributed by atoms with E-state index in [1.54, 1.807) is 13.2 Å². The third-order valence-electron chi connectivity index (χ3n) is 4.76. The van der Waals surface area contributed by atoms with E-state index in [1.165, 1.54) is 12.1 Å². The van der Waals surface area contributed by atoms with Crippen LogP contribution in [-0.2, 0) is 11.2 Å². The standard InChI is InChI=1S/C20H32ClFN4O.HI/c1-3-23-20(24-10-7-16-5-6-17(22)15-19(16)21)25-18-8-12-26(13-9-18)11-4-14-27-2;/h5-6,15,18H,3-4,7-14H2,1-2H3,(H2,23,24,25);1H. The fourth-order valence-electron chi connectivity index (χ4n) is 3.26. The van der Waals surface area contributed by atoms with Gasteiger partial charge in [0.15, 0.2) is 5.96 Å². The summed E-state index contributed by atoms with van der Waals surface area (Å²) in [5, 5.41) is 7.32. The van der Waals surface area contributed by atoms with Gasteiger partial charge in [-0.25, -0.2) is 4.39 Å². The van der Waals surface area contributed by atoms with Gasteiger partial charge < -0.3 is 20.3 Å². The minimum atomic E-state index is -0.309. The molecule has 0 aliphatic carbocycles. The number of halogens is 3. The van der Waals surface area contributed by atoms with Crippen molar-refractivity contribution in [3.05, 3.63) is 34.6 Å². The second-order valence-corrected chi connectivity index (χ2v) is 7.26. The van der Waals surface area contributed by atoms with Crippen molar-refractivity contribution in [2.24, 2.45) is 4.99 Å². The Morgan fingerprint density at radius 2 is 2.11 bits per heavy atom. The molecular weight excluding hydrogens is 494 g/mol. The molecule has 1 aliphatic heterocycles. The van der Waals surface area contributed by atoms with E-state index in [1.807, 2.05) is 0 Å². The van der Waals surface area contributed by atoms with Crippen molar-refractivity contribution in [2.75, 3.05) is 46.4 Å². The van der Waals surface area contributed by atoms with E-state index < -0.39 is 0 Å². The molecule has 0 atom stereocenters. The summed E-state index contributed by atoms with van der Waals surface area (Å²) in [7, 11) is 1.75. The Kier molecular flexibility index (Phi) is 13.0. The van der Waals surface area contributed by atoms with Crippen LogP contribution in [0.2, 0.25) is 5.02 Å². The van der Waals surface area contributed by atoms with Crippen molar-refractivity contribution in [3.8, 4) is 0 Å². The van der Waals surface area contributed by atoms with Gasteiger partial charge in [0.25, 0.3) is 0 Å². The molecule has 0 unspecified atom stereocenters. The number of hydrogen-bond donors (Lipinski definition) is 2. The highest BCUT2D eigenvalue weighted by atomic mass is 127. The third kappa shape index (κ3) is 9.24. The lowest BCUT2D eigenvalue weighted by Crippen LogP contribution is -2.49. The normalized spacial score (nSPS) is 15.9. The highest BCUT2D eigenvalue weighted by Crippen LogP contribution is 2.17. The smallest absolute Gasteiger partial charge is 0.191 e. The van der Waals surface area contributed by atoms with Crippen LogP contribution in [0.25, 0.3) is 0 Å². The molecule has 1 aliphatic rings. The van der Waals surface area contributed by atoms with Gasteiger partial charge in [-0.15, -0.1) is 24.0 Å². The van der Waals surface area contributed by atoms with E-state index in [0.717, 1.165) is 63.6 Å². The summed E-state index contributed by atoms with van der Waals surface area (Å²) in [5.74, 6) is 0.532. The molecular formula is C20H33ClFIN4O. The molecule has 0 bridgehead atoms. The fourth-order valence-corrected chi connectivity index (χ4v) is 3.52. The predicted octanol–water partition coefficient (Wildman–Crippen LogP) is 3.70. The van der Waals surface area contributed by atoms with Crippen molar-refractivity contribution in [1.29, 1.82) is 0 Å². The number of piperidine rings is 1. The molecule has 1 aromatic carbocycles. The number of aliphatic imine (C=N–C) groups is 1. The maximum absolute atomic E-state index is 13.1. The van der Waals surface area contributed by atoms with Crippen molar-refractivity contribution in [1.82, 2.24) is 15.5 Å². The number of methoxy groups -OCH3 is 1. The zero-order valence-electron chi connectivity index (χ0n) is 16.8. The predicted molar refractivity (Wildman–Crippen MR) is 126 cm³/mol. The van der Waals surface area contributed by atoms with Crippen LogP contribution in [0, 0.1) is 5.82 Å². The van der Waals surface area contributed by atoms with Crippen LogP contribution < -0.4 is 10.6 Å². The average Bonchev–Trinajstić information content (AvgIpc) is 2.65. The van der Waals surface area contributed by atoms with Gasteiger partial charge in [0.05, 0.1) is 0 Å². The molecule has 8 heteroatoms. The van der Waals surface area contributed by atoms with Crippen molar-refractivity contribution < 1.29 is 9.13 Å². The third-order valence-corrected chi connectivity index (χ3v) is 5.11. The number of guanidine groups is 1. The van der Waals surface area contributed by atoms with Crippen LogP contribution >= 0.6 is 35.6 Å². The molecule has 0 aromatic heterocycles. The maximum atomic E-state index is 13.1. The fraction of sp³-hybridized carbons (Fsp3) is 0.650. The van der Waals surface area contributed by atoms with Gasteiger partial charge in [0.1, 0.15) is 5.82 Å². The van der Waals surface area contributed by atoms with E-state index in [4.69, 9.17) is 16.3 Å². The molecule has 2 N–H and O–H groups in total. The number of hydrogen-bond acceptors (Lipinski definition) is 3. The summed E-state index contributed by atoms with van der Waals surface area (Å²) in [4.78, 5) is 7.16. The first-order valence-corrected chi connectivity index (χ1v) is 10.2. The van der Waals surface area contributed by atoms with Crippen molar-refractivity contribution >= 4 is 41.5 Å². The number of rotatable bonds is 9. The van der Waals surface area contributed by atoms with Crippen LogP contribution in [0.5, 0.6) is 0 Å². The van der Waals surface area contributed by atoms with Gasteiger partial charge in [0, 0.05) is 57.5 Å². The topological polar surface area (TPSA) is 48.9 Å². The summed E-state index contributed by atoms with van der Waals surface area (Å²) >= 11 is 6.09. The molecule has 0 spiro atoms. The van der Waals surface area contributed by atoms with Gasteiger partial charge in [-0.1, -0.05) is 17.7 Å². The van der Waals surface area contributed by atoms with E-state index in [-0.39, 0.29) is 29.8 Å². The summed E-state index contributed by atoms with van der Waals surface area (Å²) < 4.78 is 18.3. The Morgan fingerprint density at radius 1 is 1.36 bits per heavy atom. The highest BCUT2D eigenvalue weighted by molar-refractivity contribution is 14.0. The molecule has 5 nitrogen and oxygen atoms in total. The lowest BCUT2D eigenvalue weighted by atomic mass is 10.1. The highest BCUT2D eigenvalue weighted by Gasteiger charge is 2.19. The Morgan fingerprint density at radius 3 is 2.75 bits per heavy atom. The second-order valence-electron chi connectivity index (χ2n) is 6.85. The van der Waals surface area contributed by atoms with Gasteiger partial charge >= 0.3 is 0 Å². The first-order valence-electron chi connectivity index (χ1n) is 9.82. The molecule has 0 saturated carbocycles. The molecule has 0 radical (unpaired) electrons. The molecule has 0 amide bonds. The monoisotopic (exact) mass is 526 g/mol. The lowest BCUT2D eigenvalue weighted by molar-refractivity contribution is 0.155. The van der Waals surface area contributed by atoms with Crippen molar-refractivity contribution in [3.63, 3.8) is 0 Å². The first kappa shape index (κ1) is 25.4. The van der Waals surface area contributed by atoms with Crippen LogP contribution in [0.1, 0.15) is 31.7 Å². The molecule has 1 aromatic rings. The maximum Gasteiger partial charge on any atom is 0.191 e. The zero-order chi connectivity index (χ0) is 19.5. The molecule has 1 fully saturated rings. The number of likely N-dealkylation sites (tertiary alicyclic amines) is 1. The van der Waals surface area contributed by atoms with E-state index in [0.29, 0.717) is 24.0 Å². The van der Waals surface area contributed by atoms with Gasteiger partial charge in [0.2, 0.25) is 0 Å². The number of benzene rings is 1. The summed E-state index contributed by atoms with van der Waals surface area (Å²) in [5.41, 5.74) is 0.919. The van der Waals surface area contributed by atoms with Crippen LogP contribution in [0.3, 0.4) is 0 Å². The van der Waals surface area contributed by atoms with Gasteiger partial charge in [-0.05, 0) is 50.3 Å². The quantitative estimate of drug-likeness (QED) is 0.223. The van der Waals surface area contributed by atoms with Crippen LogP contribution in [-0.4, -0.2) is 63.3 Å². The summed E-state index contributed by atoms with van der Waals surface area (Å²) in [6, 6.07) is 4.96. The Labute approximate surface area is 190 Å². The van der Waals surface area contributed by atoms with Crippen LogP contribution in [0.4, 0.5) is 4.39 Å². The lowest BCUT2D eigenvalue weighted by Gasteiger charge is -2.33. The van der Waals surface area contributed by atoms with E-state index in [9.17, 15) is 4.39 Å². The Bertz CT molecular complexity index is 598. The summed E-state index contributed by atoms with van der Waals surface area (Å²) in [6.07, 6.45) is 4.00. The SMILES string of the molecule is CCNC(=NCCc1ccc(F)cc1Cl)NC1CCN(CCCOC)CC1.I. The molecule has 1 heterocycles. The van der Waals surface area contributed by atoms with E-state index in [2.05, 4.69) is 27.4 Å². The largest absolute Gasteiger partial charge is 0.385 e. The minimum absolute atomic E-state index is 0. The van der Waals surface area contributed by atoms with Gasteiger partial charge in [-0.2, -0.15) is 0 Å². The van der Waals surface area contributed by atoms with Crippen LogP contribution in [0.15, 0.2) is 23.2 Å². The molecule has 1 saturated heterocycles. The van der Waals surface area contributed by atoms with Crippen molar-refractivity contribution in [2.45, 2.75) is 38.6 Å². The Balaban J connectivity index is 0.00000392. The second kappa shape index (κ2) is 14.4. The number of nitrogens with one attached hydrogen (secondary N) is 2. The average molecular weight is 527 g/mol.